The quantitative estimate of drug-likeness (QED) is 0.301. The summed E-state index contributed by atoms with van der Waals surface area (Å²) in [4.78, 5) is 4.44. The topological polar surface area (TPSA) is 96.2 Å². The molecule has 0 aliphatic heterocycles. The van der Waals surface area contributed by atoms with Gasteiger partial charge in [-0.1, -0.05) is 13.8 Å². The van der Waals surface area contributed by atoms with Crippen molar-refractivity contribution in [2.75, 3.05) is 45.1 Å². The van der Waals surface area contributed by atoms with Gasteiger partial charge >= 0.3 is 0 Å². The first-order chi connectivity index (χ1) is 12.5. The van der Waals surface area contributed by atoms with E-state index in [1.165, 1.54) is 4.31 Å². The Kier molecular flexibility index (Phi) is 11.0. The number of ether oxygens (including phenoxy) is 1. The molecule has 150 valence electrons. The summed E-state index contributed by atoms with van der Waals surface area (Å²) < 4.78 is 36.5. The third-order valence-electron chi connectivity index (χ3n) is 3.64. The van der Waals surface area contributed by atoms with Crippen LogP contribution in [0, 0.1) is 0 Å². The minimum atomic E-state index is -3.23. The van der Waals surface area contributed by atoms with Crippen molar-refractivity contribution < 1.29 is 17.6 Å². The maximum Gasteiger partial charge on any atom is 0.215 e. The van der Waals surface area contributed by atoms with Gasteiger partial charge < -0.3 is 19.8 Å². The summed E-state index contributed by atoms with van der Waals surface area (Å²) in [7, 11) is -3.23. The number of aliphatic imine (C=N–C) groups is 1. The van der Waals surface area contributed by atoms with Crippen LogP contribution in [0.15, 0.2) is 27.8 Å². The fourth-order valence-corrected chi connectivity index (χ4v) is 3.72. The Balaban J connectivity index is 2.29. The van der Waals surface area contributed by atoms with Gasteiger partial charge in [0, 0.05) is 39.3 Å². The van der Waals surface area contributed by atoms with Crippen LogP contribution >= 0.6 is 0 Å². The van der Waals surface area contributed by atoms with Crippen molar-refractivity contribution in [2.24, 2.45) is 4.99 Å². The van der Waals surface area contributed by atoms with Gasteiger partial charge in [-0.15, -0.1) is 0 Å². The number of nitrogens with zero attached hydrogens (tertiary/aromatic N) is 2. The third kappa shape index (κ3) is 8.68. The van der Waals surface area contributed by atoms with Gasteiger partial charge in [-0.2, -0.15) is 0 Å². The van der Waals surface area contributed by atoms with Gasteiger partial charge in [0.05, 0.1) is 12.0 Å². The van der Waals surface area contributed by atoms with Crippen LogP contribution in [0.2, 0.25) is 0 Å². The van der Waals surface area contributed by atoms with Gasteiger partial charge in [-0.25, -0.2) is 12.7 Å². The van der Waals surface area contributed by atoms with E-state index in [1.807, 2.05) is 32.9 Å². The van der Waals surface area contributed by atoms with Gasteiger partial charge in [-0.05, 0) is 25.5 Å². The normalized spacial score (nSPS) is 12.5. The molecular weight excluding hydrogens is 356 g/mol. The number of furan rings is 1. The fourth-order valence-electron chi connectivity index (χ4n) is 2.31. The highest BCUT2D eigenvalue weighted by Crippen LogP contribution is 2.02. The summed E-state index contributed by atoms with van der Waals surface area (Å²) in [6.07, 6.45) is 2.40. The molecule has 1 aromatic rings. The highest BCUT2D eigenvalue weighted by molar-refractivity contribution is 7.89. The zero-order chi connectivity index (χ0) is 19.3. The average Bonchev–Trinajstić information content (AvgIpc) is 3.12. The van der Waals surface area contributed by atoms with Crippen molar-refractivity contribution in [1.29, 1.82) is 0 Å². The van der Waals surface area contributed by atoms with E-state index in [0.29, 0.717) is 51.9 Å². The Morgan fingerprint density at radius 3 is 2.65 bits per heavy atom. The molecule has 0 spiro atoms. The molecule has 26 heavy (non-hydrogen) atoms. The molecule has 0 aliphatic carbocycles. The number of hydrogen-bond donors (Lipinski definition) is 2. The summed E-state index contributed by atoms with van der Waals surface area (Å²) in [5, 5.41) is 6.18. The zero-order valence-corrected chi connectivity index (χ0v) is 16.8. The molecule has 9 heteroatoms. The highest BCUT2D eigenvalue weighted by Gasteiger charge is 2.18. The molecule has 8 nitrogen and oxygen atoms in total. The van der Waals surface area contributed by atoms with E-state index in [9.17, 15) is 8.42 Å². The summed E-state index contributed by atoms with van der Waals surface area (Å²) >= 11 is 0. The Labute approximate surface area is 157 Å². The molecule has 0 atom stereocenters. The van der Waals surface area contributed by atoms with E-state index < -0.39 is 10.0 Å². The van der Waals surface area contributed by atoms with Crippen molar-refractivity contribution in [3.63, 3.8) is 0 Å². The summed E-state index contributed by atoms with van der Waals surface area (Å²) in [5.74, 6) is 1.47. The van der Waals surface area contributed by atoms with Crippen molar-refractivity contribution in [3.05, 3.63) is 24.2 Å². The number of rotatable bonds is 13. The van der Waals surface area contributed by atoms with Crippen molar-refractivity contribution >= 4 is 16.0 Å². The van der Waals surface area contributed by atoms with Crippen LogP contribution in [0.4, 0.5) is 0 Å². The standard InChI is InChI=1S/C17H32N4O4S/c1-4-18-17(20-11-14-26(22,23)21(5-2)6-3)19-10-8-12-24-15-16-9-7-13-25-16/h7,9,13H,4-6,8,10-12,14-15H2,1-3H3,(H2,18,19,20). The summed E-state index contributed by atoms with van der Waals surface area (Å²) in [6.45, 7) is 9.30. The van der Waals surface area contributed by atoms with Crippen molar-refractivity contribution in [2.45, 2.75) is 33.8 Å². The third-order valence-corrected chi connectivity index (χ3v) is 5.66. The molecule has 0 aromatic carbocycles. The number of nitrogens with one attached hydrogen (secondary N) is 2. The molecular formula is C17H32N4O4S. The molecule has 1 rings (SSSR count). The molecule has 0 radical (unpaired) electrons. The van der Waals surface area contributed by atoms with E-state index in [1.54, 1.807) is 6.26 Å². The first-order valence-electron chi connectivity index (χ1n) is 9.13. The van der Waals surface area contributed by atoms with E-state index in [0.717, 1.165) is 12.2 Å². The predicted molar refractivity (Wildman–Crippen MR) is 104 cm³/mol. The molecule has 1 aromatic heterocycles. The average molecular weight is 389 g/mol. The molecule has 2 N–H and O–H groups in total. The van der Waals surface area contributed by atoms with Crippen LogP contribution in [0.1, 0.15) is 33.0 Å². The number of guanidine groups is 1. The van der Waals surface area contributed by atoms with Gasteiger partial charge in [0.1, 0.15) is 12.4 Å². The maximum absolute atomic E-state index is 12.2. The van der Waals surface area contributed by atoms with Gasteiger partial charge in [0.25, 0.3) is 0 Å². The van der Waals surface area contributed by atoms with Crippen molar-refractivity contribution in [1.82, 2.24) is 14.9 Å². The number of hydrogen-bond acceptors (Lipinski definition) is 5. The van der Waals surface area contributed by atoms with E-state index in [4.69, 9.17) is 9.15 Å². The summed E-state index contributed by atoms with van der Waals surface area (Å²) in [5.41, 5.74) is 0. The SMILES string of the molecule is CCNC(=NCCCOCc1ccco1)NCCS(=O)(=O)N(CC)CC. The lowest BCUT2D eigenvalue weighted by Crippen LogP contribution is -2.42. The second-order valence-electron chi connectivity index (χ2n) is 5.57. The first-order valence-corrected chi connectivity index (χ1v) is 10.7. The molecule has 0 unspecified atom stereocenters. The van der Waals surface area contributed by atoms with Gasteiger partial charge in [0.2, 0.25) is 10.0 Å². The van der Waals surface area contributed by atoms with E-state index in [2.05, 4.69) is 15.6 Å². The van der Waals surface area contributed by atoms with Gasteiger partial charge in [0.15, 0.2) is 5.96 Å². The zero-order valence-electron chi connectivity index (χ0n) is 16.0. The molecule has 0 amide bonds. The molecule has 0 bridgehead atoms. The van der Waals surface area contributed by atoms with Crippen LogP contribution in [0.5, 0.6) is 0 Å². The van der Waals surface area contributed by atoms with Crippen LogP contribution < -0.4 is 10.6 Å². The minimum Gasteiger partial charge on any atom is -0.467 e. The lowest BCUT2D eigenvalue weighted by atomic mass is 10.4. The Morgan fingerprint density at radius 1 is 1.27 bits per heavy atom. The minimum absolute atomic E-state index is 0.0470. The van der Waals surface area contributed by atoms with E-state index in [-0.39, 0.29) is 5.75 Å². The largest absolute Gasteiger partial charge is 0.467 e. The second kappa shape index (κ2) is 12.7. The van der Waals surface area contributed by atoms with Crippen LogP contribution in [-0.2, 0) is 21.4 Å². The van der Waals surface area contributed by atoms with Crippen LogP contribution in [-0.4, -0.2) is 63.8 Å². The predicted octanol–water partition coefficient (Wildman–Crippen LogP) is 1.41. The molecule has 0 saturated carbocycles. The fraction of sp³-hybridized carbons (Fsp3) is 0.706. The summed E-state index contributed by atoms with van der Waals surface area (Å²) in [6, 6.07) is 3.70. The van der Waals surface area contributed by atoms with Crippen LogP contribution in [0.3, 0.4) is 0 Å². The Bertz CT molecular complexity index is 598. The van der Waals surface area contributed by atoms with E-state index >= 15 is 0 Å². The highest BCUT2D eigenvalue weighted by atomic mass is 32.2. The van der Waals surface area contributed by atoms with Gasteiger partial charge in [-0.3, -0.25) is 4.99 Å². The second-order valence-corrected chi connectivity index (χ2v) is 7.66. The monoisotopic (exact) mass is 388 g/mol. The Hall–Kier alpha value is -1.58. The number of sulfonamides is 1. The first kappa shape index (κ1) is 22.5. The molecule has 0 fully saturated rings. The molecule has 0 saturated heterocycles. The maximum atomic E-state index is 12.2. The Morgan fingerprint density at radius 2 is 2.04 bits per heavy atom. The van der Waals surface area contributed by atoms with Crippen LogP contribution in [0.25, 0.3) is 0 Å². The molecule has 0 aliphatic rings. The van der Waals surface area contributed by atoms with Crippen molar-refractivity contribution in [3.8, 4) is 0 Å². The smallest absolute Gasteiger partial charge is 0.215 e. The lowest BCUT2D eigenvalue weighted by molar-refractivity contribution is 0.105. The molecule has 1 heterocycles. The lowest BCUT2D eigenvalue weighted by Gasteiger charge is -2.19.